The Bertz CT molecular complexity index is 576. The fourth-order valence-corrected chi connectivity index (χ4v) is 4.12. The number of likely N-dealkylation sites (tertiary alicyclic amines) is 1. The number of para-hydroxylation sites is 1. The van der Waals surface area contributed by atoms with Gasteiger partial charge in [-0.2, -0.15) is 0 Å². The number of carbonyl (C=O) groups excluding carboxylic acids is 1. The monoisotopic (exact) mass is 370 g/mol. The lowest BCUT2D eigenvalue weighted by atomic mass is 10.1. The number of piperidine rings is 1. The van der Waals surface area contributed by atoms with E-state index in [0.717, 1.165) is 25.9 Å². The van der Waals surface area contributed by atoms with Crippen molar-refractivity contribution in [3.8, 4) is 5.75 Å². The van der Waals surface area contributed by atoms with Gasteiger partial charge in [0.2, 0.25) is 0 Å². The lowest BCUT2D eigenvalue weighted by Gasteiger charge is -2.30. The molecule has 1 aromatic carbocycles. The maximum Gasteiger partial charge on any atom is 0.381 e. The topological polar surface area (TPSA) is 91.1 Å². The molecular formula is C17H27N2O5P. The van der Waals surface area contributed by atoms with E-state index in [1.807, 2.05) is 6.07 Å². The molecule has 0 aliphatic carbocycles. The molecule has 1 aromatic rings. The van der Waals surface area contributed by atoms with Crippen molar-refractivity contribution in [2.45, 2.75) is 25.8 Å². The van der Waals surface area contributed by atoms with Crippen LogP contribution in [0.5, 0.6) is 5.75 Å². The van der Waals surface area contributed by atoms with Crippen molar-refractivity contribution in [1.29, 1.82) is 0 Å². The molecule has 140 valence electrons. The van der Waals surface area contributed by atoms with Crippen molar-refractivity contribution in [2.24, 2.45) is 5.73 Å². The maximum atomic E-state index is 13.1. The van der Waals surface area contributed by atoms with Crippen molar-refractivity contribution >= 4 is 13.6 Å². The van der Waals surface area contributed by atoms with Crippen molar-refractivity contribution in [3.05, 3.63) is 30.3 Å². The predicted molar refractivity (Wildman–Crippen MR) is 95.8 cm³/mol. The van der Waals surface area contributed by atoms with Crippen LogP contribution in [0, 0.1) is 0 Å². The van der Waals surface area contributed by atoms with Crippen LogP contribution in [-0.2, 0) is 18.6 Å². The van der Waals surface area contributed by atoms with Gasteiger partial charge >= 0.3 is 13.6 Å². The van der Waals surface area contributed by atoms with Crippen LogP contribution in [-0.4, -0.2) is 55.9 Å². The molecule has 25 heavy (non-hydrogen) atoms. The lowest BCUT2D eigenvalue weighted by molar-refractivity contribution is -0.145. The van der Waals surface area contributed by atoms with Gasteiger partial charge in [-0.05, 0) is 45.0 Å². The molecule has 1 unspecified atom stereocenters. The Morgan fingerprint density at radius 2 is 1.96 bits per heavy atom. The summed E-state index contributed by atoms with van der Waals surface area (Å²) in [6, 6.07) is 9.08. The first-order valence-corrected chi connectivity index (χ1v) is 10.4. The number of esters is 1. The third kappa shape index (κ3) is 7.16. The number of benzene rings is 1. The van der Waals surface area contributed by atoms with E-state index >= 15 is 0 Å². The lowest BCUT2D eigenvalue weighted by Crippen LogP contribution is -2.41. The SMILES string of the molecule is CCOC(=O)COP(=O)(CCN1CCC(N)CC1)Oc1ccccc1. The minimum absolute atomic E-state index is 0.205. The Morgan fingerprint density at radius 3 is 2.60 bits per heavy atom. The number of nitrogens with two attached hydrogens (primary N) is 1. The number of rotatable bonds is 9. The van der Waals surface area contributed by atoms with Crippen LogP contribution in [0.3, 0.4) is 0 Å². The fourth-order valence-electron chi connectivity index (χ4n) is 2.57. The normalized spacial score (nSPS) is 18.5. The molecule has 2 rings (SSSR count). The first-order chi connectivity index (χ1) is 12.0. The molecule has 1 aliphatic rings. The second-order valence-electron chi connectivity index (χ2n) is 6.00. The summed E-state index contributed by atoms with van der Waals surface area (Å²) in [5.74, 6) is -0.0984. The average Bonchev–Trinajstić information content (AvgIpc) is 2.61. The van der Waals surface area contributed by atoms with Crippen molar-refractivity contribution in [2.75, 3.05) is 39.0 Å². The number of ether oxygens (including phenoxy) is 1. The van der Waals surface area contributed by atoms with E-state index in [4.69, 9.17) is 19.5 Å². The van der Waals surface area contributed by atoms with Gasteiger partial charge in [-0.3, -0.25) is 4.52 Å². The molecule has 0 amide bonds. The summed E-state index contributed by atoms with van der Waals surface area (Å²) in [6.07, 6.45) is 2.05. The van der Waals surface area contributed by atoms with E-state index in [9.17, 15) is 9.36 Å². The molecule has 0 radical (unpaired) electrons. The van der Waals surface area contributed by atoms with Gasteiger partial charge in [0.1, 0.15) is 5.75 Å². The van der Waals surface area contributed by atoms with E-state index in [1.165, 1.54) is 0 Å². The van der Waals surface area contributed by atoms with Gasteiger partial charge < -0.3 is 19.9 Å². The Morgan fingerprint density at radius 1 is 1.28 bits per heavy atom. The Hall–Kier alpha value is -1.40. The molecule has 2 N–H and O–H groups in total. The van der Waals surface area contributed by atoms with Crippen molar-refractivity contribution in [3.63, 3.8) is 0 Å². The summed E-state index contributed by atoms with van der Waals surface area (Å²) in [5, 5.41) is 0. The Kier molecular flexibility index (Phi) is 7.90. The molecule has 1 fully saturated rings. The fraction of sp³-hybridized carbons (Fsp3) is 0.588. The summed E-state index contributed by atoms with van der Waals surface area (Å²) in [6.45, 7) is 3.87. The van der Waals surface area contributed by atoms with E-state index in [0.29, 0.717) is 12.3 Å². The molecule has 1 saturated heterocycles. The summed E-state index contributed by atoms with van der Waals surface area (Å²) < 4.78 is 28.9. The van der Waals surface area contributed by atoms with Crippen LogP contribution >= 0.6 is 7.60 Å². The quantitative estimate of drug-likeness (QED) is 0.527. The molecule has 7 nitrogen and oxygen atoms in total. The van der Waals surface area contributed by atoms with E-state index in [-0.39, 0.29) is 25.4 Å². The molecule has 1 atom stereocenters. The predicted octanol–water partition coefficient (Wildman–Crippen LogP) is 2.26. The molecule has 0 bridgehead atoms. The van der Waals surface area contributed by atoms with E-state index in [2.05, 4.69) is 4.90 Å². The molecule has 0 saturated carbocycles. The van der Waals surface area contributed by atoms with E-state index in [1.54, 1.807) is 31.2 Å². The first-order valence-electron chi connectivity index (χ1n) is 8.62. The second kappa shape index (κ2) is 9.92. The van der Waals surface area contributed by atoms with Gasteiger partial charge in [0.05, 0.1) is 12.8 Å². The zero-order valence-electron chi connectivity index (χ0n) is 14.6. The standard InChI is InChI=1S/C17H27N2O5P/c1-2-22-17(20)14-23-25(21,24-16-6-4-3-5-7-16)13-12-19-10-8-15(18)9-11-19/h3-7,15H,2,8-14,18H2,1H3. The van der Waals surface area contributed by atoms with Crippen LogP contribution in [0.2, 0.25) is 0 Å². The Balaban J connectivity index is 1.95. The molecule has 0 aromatic heterocycles. The summed E-state index contributed by atoms with van der Waals surface area (Å²) in [4.78, 5) is 13.7. The molecule has 0 spiro atoms. The van der Waals surface area contributed by atoms with Gasteiger partial charge in [-0.15, -0.1) is 0 Å². The minimum atomic E-state index is -3.47. The number of nitrogens with zero attached hydrogens (tertiary/aromatic N) is 1. The van der Waals surface area contributed by atoms with Crippen LogP contribution in [0.25, 0.3) is 0 Å². The zero-order valence-corrected chi connectivity index (χ0v) is 15.5. The van der Waals surface area contributed by atoms with Gasteiger partial charge in [0.15, 0.2) is 6.61 Å². The third-order valence-corrected chi connectivity index (χ3v) is 5.75. The highest BCUT2D eigenvalue weighted by atomic mass is 31.2. The van der Waals surface area contributed by atoms with Crippen molar-refractivity contribution < 1.29 is 23.1 Å². The smallest absolute Gasteiger partial charge is 0.381 e. The highest BCUT2D eigenvalue weighted by Gasteiger charge is 2.29. The maximum absolute atomic E-state index is 13.1. The molecule has 8 heteroatoms. The second-order valence-corrected chi connectivity index (χ2v) is 8.11. The summed E-state index contributed by atoms with van der Waals surface area (Å²) in [7, 11) is -3.47. The van der Waals surface area contributed by atoms with Gasteiger partial charge in [0.25, 0.3) is 0 Å². The van der Waals surface area contributed by atoms with Gasteiger partial charge in [0, 0.05) is 12.6 Å². The van der Waals surface area contributed by atoms with Crippen molar-refractivity contribution in [1.82, 2.24) is 4.90 Å². The highest BCUT2D eigenvalue weighted by molar-refractivity contribution is 7.54. The highest BCUT2D eigenvalue weighted by Crippen LogP contribution is 2.48. The number of carbonyl (C=O) groups is 1. The first kappa shape index (κ1) is 19.9. The molecular weight excluding hydrogens is 343 g/mol. The van der Waals surface area contributed by atoms with Crippen LogP contribution in [0.4, 0.5) is 0 Å². The van der Waals surface area contributed by atoms with E-state index < -0.39 is 13.6 Å². The Labute approximate surface area is 149 Å². The largest absolute Gasteiger partial charge is 0.464 e. The number of hydrogen-bond donors (Lipinski definition) is 1. The summed E-state index contributed by atoms with van der Waals surface area (Å²) >= 11 is 0. The number of hydrogen-bond acceptors (Lipinski definition) is 7. The van der Waals surface area contributed by atoms with Gasteiger partial charge in [-0.25, -0.2) is 9.36 Å². The zero-order chi connectivity index (χ0) is 18.1. The van der Waals surface area contributed by atoms with Crippen LogP contribution in [0.1, 0.15) is 19.8 Å². The minimum Gasteiger partial charge on any atom is -0.464 e. The summed E-state index contributed by atoms with van der Waals surface area (Å²) in [5.41, 5.74) is 5.91. The third-order valence-electron chi connectivity index (χ3n) is 3.99. The van der Waals surface area contributed by atoms with Crippen LogP contribution in [0.15, 0.2) is 30.3 Å². The average molecular weight is 370 g/mol. The molecule has 1 heterocycles. The van der Waals surface area contributed by atoms with Gasteiger partial charge in [-0.1, -0.05) is 18.2 Å². The molecule has 1 aliphatic heterocycles. The van der Waals surface area contributed by atoms with Crippen LogP contribution < -0.4 is 10.3 Å².